The van der Waals surface area contributed by atoms with Crippen molar-refractivity contribution in [2.75, 3.05) is 19.0 Å². The molecule has 28 heavy (non-hydrogen) atoms. The molecule has 1 unspecified atom stereocenters. The highest BCUT2D eigenvalue weighted by molar-refractivity contribution is 7.99. The first kappa shape index (κ1) is 19.0. The van der Waals surface area contributed by atoms with Crippen LogP contribution in [0.4, 0.5) is 4.39 Å². The van der Waals surface area contributed by atoms with Crippen LogP contribution in [0.5, 0.6) is 5.75 Å². The van der Waals surface area contributed by atoms with Crippen LogP contribution in [0.1, 0.15) is 12.8 Å². The third kappa shape index (κ3) is 4.20. The number of ether oxygens (including phenoxy) is 2. The number of fused-ring (bicyclic) bond motifs is 1. The molecule has 0 aliphatic carbocycles. The van der Waals surface area contributed by atoms with E-state index >= 15 is 0 Å². The summed E-state index contributed by atoms with van der Waals surface area (Å²) in [6, 6.07) is 13.7. The molecule has 1 aliphatic heterocycles. The predicted molar refractivity (Wildman–Crippen MR) is 108 cm³/mol. The number of hydrogen-bond acceptors (Lipinski definition) is 5. The number of rotatable bonds is 7. The maximum Gasteiger partial charge on any atom is 0.262 e. The average molecular weight is 400 g/mol. The van der Waals surface area contributed by atoms with Crippen molar-refractivity contribution in [3.05, 3.63) is 64.7 Å². The zero-order valence-corrected chi connectivity index (χ0v) is 16.2. The summed E-state index contributed by atoms with van der Waals surface area (Å²) in [5.41, 5.74) is 0.618. The van der Waals surface area contributed by atoms with Crippen LogP contribution in [0.15, 0.2) is 58.5 Å². The molecule has 7 heteroatoms. The highest BCUT2D eigenvalue weighted by atomic mass is 32.2. The van der Waals surface area contributed by atoms with Crippen molar-refractivity contribution in [1.82, 2.24) is 9.55 Å². The van der Waals surface area contributed by atoms with Gasteiger partial charge in [-0.25, -0.2) is 9.37 Å². The van der Waals surface area contributed by atoms with Gasteiger partial charge < -0.3 is 9.47 Å². The fourth-order valence-corrected chi connectivity index (χ4v) is 4.08. The Morgan fingerprint density at radius 3 is 2.86 bits per heavy atom. The zero-order valence-electron chi connectivity index (χ0n) is 15.3. The molecule has 0 spiro atoms. The van der Waals surface area contributed by atoms with Gasteiger partial charge in [-0.15, -0.1) is 0 Å². The second-order valence-electron chi connectivity index (χ2n) is 6.59. The lowest BCUT2D eigenvalue weighted by atomic mass is 10.2. The van der Waals surface area contributed by atoms with Gasteiger partial charge in [0.2, 0.25) is 0 Å². The molecule has 0 bridgehead atoms. The van der Waals surface area contributed by atoms with Gasteiger partial charge in [0.05, 0.1) is 30.2 Å². The summed E-state index contributed by atoms with van der Waals surface area (Å²) in [4.78, 5) is 17.7. The van der Waals surface area contributed by atoms with Crippen molar-refractivity contribution >= 4 is 22.7 Å². The third-order valence-electron chi connectivity index (χ3n) is 4.65. The molecule has 3 aromatic rings. The lowest BCUT2D eigenvalue weighted by Crippen LogP contribution is -2.29. The number of halogens is 1. The smallest absolute Gasteiger partial charge is 0.262 e. The number of nitrogens with zero attached hydrogens (tertiary/aromatic N) is 2. The van der Waals surface area contributed by atoms with E-state index in [1.807, 2.05) is 18.2 Å². The van der Waals surface area contributed by atoms with Crippen LogP contribution in [0.3, 0.4) is 0 Å². The molecule has 1 aromatic heterocycles. The Kier molecular flexibility index (Phi) is 5.92. The first-order valence-corrected chi connectivity index (χ1v) is 10.3. The summed E-state index contributed by atoms with van der Waals surface area (Å²) in [7, 11) is 0. The lowest BCUT2D eigenvalue weighted by Gasteiger charge is -2.16. The summed E-state index contributed by atoms with van der Waals surface area (Å²) in [5.74, 6) is 0.392. The summed E-state index contributed by atoms with van der Waals surface area (Å²) in [5, 5.41) is 1.24. The number of benzene rings is 2. The molecule has 146 valence electrons. The van der Waals surface area contributed by atoms with Crippen molar-refractivity contribution in [1.29, 1.82) is 0 Å². The van der Waals surface area contributed by atoms with E-state index in [1.54, 1.807) is 28.8 Å². The maximum atomic E-state index is 13.7. The van der Waals surface area contributed by atoms with Crippen LogP contribution in [0, 0.1) is 5.82 Å². The fourth-order valence-electron chi connectivity index (χ4n) is 3.26. The second kappa shape index (κ2) is 8.75. The van der Waals surface area contributed by atoms with Crippen LogP contribution in [0.2, 0.25) is 0 Å². The summed E-state index contributed by atoms with van der Waals surface area (Å²) >= 11 is 1.43. The molecule has 5 nitrogen and oxygen atoms in total. The summed E-state index contributed by atoms with van der Waals surface area (Å²) in [6.45, 7) is 1.54. The van der Waals surface area contributed by atoms with E-state index in [9.17, 15) is 9.18 Å². The van der Waals surface area contributed by atoms with Gasteiger partial charge in [-0.05, 0) is 37.1 Å². The lowest BCUT2D eigenvalue weighted by molar-refractivity contribution is 0.0937. The second-order valence-corrected chi connectivity index (χ2v) is 7.65. The van der Waals surface area contributed by atoms with Crippen LogP contribution in [-0.2, 0) is 11.3 Å². The molecule has 0 radical (unpaired) electrons. The van der Waals surface area contributed by atoms with Crippen LogP contribution in [0.25, 0.3) is 10.9 Å². The molecular weight excluding hydrogens is 379 g/mol. The molecule has 1 atom stereocenters. The molecule has 1 saturated heterocycles. The molecule has 1 aliphatic rings. The Bertz CT molecular complexity index is 1020. The molecule has 0 amide bonds. The van der Waals surface area contributed by atoms with Crippen molar-refractivity contribution in [3.8, 4) is 5.75 Å². The standard InChI is InChI=1S/C21H21FN2O3S/c22-17-8-2-4-10-19(17)27-12-13-28-21-23-18-9-3-1-7-16(18)20(25)24(21)14-15-6-5-11-26-15/h1-4,7-10,15H,5-6,11-14H2. The third-order valence-corrected chi connectivity index (χ3v) is 5.59. The van der Waals surface area contributed by atoms with Crippen molar-refractivity contribution in [2.45, 2.75) is 30.6 Å². The minimum absolute atomic E-state index is 0.0367. The molecule has 1 fully saturated rings. The van der Waals surface area contributed by atoms with Gasteiger partial charge in [0, 0.05) is 12.4 Å². The van der Waals surface area contributed by atoms with Gasteiger partial charge in [-0.2, -0.15) is 0 Å². The Morgan fingerprint density at radius 1 is 1.21 bits per heavy atom. The normalized spacial score (nSPS) is 16.5. The minimum Gasteiger partial charge on any atom is -0.490 e. The van der Waals surface area contributed by atoms with Crippen LogP contribution < -0.4 is 10.3 Å². The number of para-hydroxylation sites is 2. The molecule has 0 saturated carbocycles. The topological polar surface area (TPSA) is 53.3 Å². The van der Waals surface area contributed by atoms with E-state index in [2.05, 4.69) is 4.98 Å². The van der Waals surface area contributed by atoms with Gasteiger partial charge in [-0.1, -0.05) is 36.0 Å². The van der Waals surface area contributed by atoms with E-state index in [1.165, 1.54) is 17.8 Å². The van der Waals surface area contributed by atoms with Gasteiger partial charge >= 0.3 is 0 Å². The van der Waals surface area contributed by atoms with Gasteiger partial charge in [0.15, 0.2) is 16.7 Å². The SMILES string of the molecule is O=c1c2ccccc2nc(SCCOc2ccccc2F)n1CC1CCCO1. The molecule has 0 N–H and O–H groups in total. The number of hydrogen-bond donors (Lipinski definition) is 0. The van der Waals surface area contributed by atoms with Crippen molar-refractivity contribution in [3.63, 3.8) is 0 Å². The largest absolute Gasteiger partial charge is 0.490 e. The Morgan fingerprint density at radius 2 is 2.04 bits per heavy atom. The average Bonchev–Trinajstić information content (AvgIpc) is 3.22. The number of thioether (sulfide) groups is 1. The minimum atomic E-state index is -0.383. The van der Waals surface area contributed by atoms with Gasteiger partial charge in [0.25, 0.3) is 5.56 Å². The zero-order chi connectivity index (χ0) is 19.3. The Hall–Kier alpha value is -2.38. The summed E-state index contributed by atoms with van der Waals surface area (Å²) in [6.07, 6.45) is 1.99. The molecule has 2 heterocycles. The molecular formula is C21H21FN2O3S. The van der Waals surface area contributed by atoms with Gasteiger partial charge in [-0.3, -0.25) is 9.36 Å². The monoisotopic (exact) mass is 400 g/mol. The van der Waals surface area contributed by atoms with E-state index in [0.29, 0.717) is 35.0 Å². The van der Waals surface area contributed by atoms with E-state index in [-0.39, 0.29) is 23.2 Å². The fraction of sp³-hybridized carbons (Fsp3) is 0.333. The van der Waals surface area contributed by atoms with Crippen LogP contribution in [-0.4, -0.2) is 34.6 Å². The maximum absolute atomic E-state index is 13.7. The highest BCUT2D eigenvalue weighted by Crippen LogP contribution is 2.22. The summed E-state index contributed by atoms with van der Waals surface area (Å²) < 4.78 is 26.6. The quantitative estimate of drug-likeness (QED) is 0.342. The van der Waals surface area contributed by atoms with E-state index in [0.717, 1.165) is 19.4 Å². The number of aromatic nitrogens is 2. The van der Waals surface area contributed by atoms with Crippen LogP contribution >= 0.6 is 11.8 Å². The Labute approximate surface area is 166 Å². The molecule has 4 rings (SSSR count). The first-order chi connectivity index (χ1) is 13.7. The first-order valence-electron chi connectivity index (χ1n) is 9.33. The van der Waals surface area contributed by atoms with Gasteiger partial charge in [0.1, 0.15) is 0 Å². The van der Waals surface area contributed by atoms with E-state index in [4.69, 9.17) is 9.47 Å². The van der Waals surface area contributed by atoms with Crippen molar-refractivity contribution < 1.29 is 13.9 Å². The molecule has 2 aromatic carbocycles. The Balaban J connectivity index is 1.52. The van der Waals surface area contributed by atoms with Crippen molar-refractivity contribution in [2.24, 2.45) is 0 Å². The van der Waals surface area contributed by atoms with E-state index < -0.39 is 0 Å². The predicted octanol–water partition coefficient (Wildman–Crippen LogP) is 3.89. The highest BCUT2D eigenvalue weighted by Gasteiger charge is 2.20.